The molecule has 2 saturated carbocycles. The van der Waals surface area contributed by atoms with Gasteiger partial charge in [-0.15, -0.1) is 0 Å². The predicted octanol–water partition coefficient (Wildman–Crippen LogP) is 3.76. The van der Waals surface area contributed by atoms with Crippen LogP contribution in [0.1, 0.15) is 68.8 Å². The molecule has 8 nitrogen and oxygen atoms in total. The summed E-state index contributed by atoms with van der Waals surface area (Å²) < 4.78 is 1.55. The molecule has 1 aliphatic heterocycles. The van der Waals surface area contributed by atoms with E-state index in [1.807, 2.05) is 12.1 Å². The van der Waals surface area contributed by atoms with Crippen LogP contribution in [0.15, 0.2) is 30.6 Å². The molecule has 0 bridgehead atoms. The number of piperidine rings is 1. The normalized spacial score (nSPS) is 21.3. The van der Waals surface area contributed by atoms with E-state index in [1.165, 1.54) is 25.7 Å². The van der Waals surface area contributed by atoms with E-state index in [9.17, 15) is 9.59 Å². The first-order valence-corrected chi connectivity index (χ1v) is 12.8. The van der Waals surface area contributed by atoms with Crippen LogP contribution in [-0.2, 0) is 11.8 Å². The third-order valence-electron chi connectivity index (χ3n) is 8.18. The molecular formula is C26H36N6O2. The van der Waals surface area contributed by atoms with Gasteiger partial charge in [-0.2, -0.15) is 5.10 Å². The van der Waals surface area contributed by atoms with Crippen molar-refractivity contribution < 1.29 is 9.59 Å². The Morgan fingerprint density at radius 3 is 2.41 bits per heavy atom. The minimum Gasteiger partial charge on any atom is -0.357 e. The molecule has 3 fully saturated rings. The van der Waals surface area contributed by atoms with Crippen molar-refractivity contribution in [3.8, 4) is 0 Å². The summed E-state index contributed by atoms with van der Waals surface area (Å²) in [5.41, 5.74) is 1.22. The minimum atomic E-state index is -0.595. The average Bonchev–Trinajstić information content (AvgIpc) is 3.41. The van der Waals surface area contributed by atoms with E-state index in [0.717, 1.165) is 44.6 Å². The van der Waals surface area contributed by atoms with Crippen molar-refractivity contribution in [1.82, 2.24) is 20.1 Å². The number of rotatable bonds is 8. The van der Waals surface area contributed by atoms with Crippen LogP contribution in [0.3, 0.4) is 0 Å². The van der Waals surface area contributed by atoms with Crippen LogP contribution in [0, 0.1) is 17.3 Å². The molecule has 1 saturated heterocycles. The standard InChI is InChI=1S/C26H36N6O2/c1-26(12-13-26)22(18-7-6-8-18)23(30-24(33)20-11-14-28-31(20)2)25(34)29-19-9-10-21(27-17-19)32-15-4-3-5-16-32/h9-11,14,17-18,22-23H,3-8,12-13,15-16H2,1-2H3,(H,29,34)(H,30,33)/t22?,23-/m0/s1. The van der Waals surface area contributed by atoms with Gasteiger partial charge >= 0.3 is 0 Å². The molecule has 2 amide bonds. The zero-order chi connectivity index (χ0) is 23.7. The Hall–Kier alpha value is -2.90. The van der Waals surface area contributed by atoms with Crippen LogP contribution in [0.2, 0.25) is 0 Å². The Labute approximate surface area is 201 Å². The van der Waals surface area contributed by atoms with Crippen molar-refractivity contribution in [3.05, 3.63) is 36.3 Å². The van der Waals surface area contributed by atoms with Gasteiger partial charge in [0.15, 0.2) is 0 Å². The van der Waals surface area contributed by atoms with Crippen LogP contribution in [0.25, 0.3) is 0 Å². The number of pyridine rings is 1. The van der Waals surface area contributed by atoms with E-state index in [-0.39, 0.29) is 23.1 Å². The number of nitrogens with zero attached hydrogens (tertiary/aromatic N) is 4. The van der Waals surface area contributed by atoms with E-state index in [1.54, 1.807) is 30.2 Å². The molecular weight excluding hydrogens is 428 g/mol. The van der Waals surface area contributed by atoms with Crippen LogP contribution in [0.5, 0.6) is 0 Å². The number of anilines is 2. The molecule has 3 heterocycles. The Kier molecular flexibility index (Phi) is 6.32. The van der Waals surface area contributed by atoms with Gasteiger partial charge in [0, 0.05) is 26.3 Å². The minimum absolute atomic E-state index is 0.100. The van der Waals surface area contributed by atoms with Crippen LogP contribution < -0.4 is 15.5 Å². The van der Waals surface area contributed by atoms with Crippen LogP contribution in [-0.4, -0.2) is 45.7 Å². The highest BCUT2D eigenvalue weighted by atomic mass is 16.2. The van der Waals surface area contributed by atoms with Crippen LogP contribution in [0.4, 0.5) is 11.5 Å². The number of carbonyl (C=O) groups is 2. The van der Waals surface area contributed by atoms with Gasteiger partial charge < -0.3 is 15.5 Å². The van der Waals surface area contributed by atoms with E-state index in [2.05, 4.69) is 32.5 Å². The van der Waals surface area contributed by atoms with Crippen molar-refractivity contribution in [3.63, 3.8) is 0 Å². The van der Waals surface area contributed by atoms with Crippen molar-refractivity contribution >= 4 is 23.3 Å². The van der Waals surface area contributed by atoms with Gasteiger partial charge in [-0.25, -0.2) is 4.98 Å². The Morgan fingerprint density at radius 2 is 1.85 bits per heavy atom. The Bertz CT molecular complexity index is 1020. The summed E-state index contributed by atoms with van der Waals surface area (Å²) in [4.78, 5) is 33.7. The summed E-state index contributed by atoms with van der Waals surface area (Å²) in [5.74, 6) is 1.13. The molecule has 2 N–H and O–H groups in total. The lowest BCUT2D eigenvalue weighted by atomic mass is 9.66. The number of aromatic nitrogens is 3. The predicted molar refractivity (Wildman–Crippen MR) is 132 cm³/mol. The molecule has 2 aromatic rings. The smallest absolute Gasteiger partial charge is 0.270 e. The maximum absolute atomic E-state index is 13.7. The molecule has 2 aliphatic carbocycles. The second-order valence-corrected chi connectivity index (χ2v) is 10.6. The molecule has 1 unspecified atom stereocenters. The fraction of sp³-hybridized carbons (Fsp3) is 0.615. The summed E-state index contributed by atoms with van der Waals surface area (Å²) in [5, 5.41) is 10.3. The lowest BCUT2D eigenvalue weighted by molar-refractivity contribution is -0.121. The number of hydrogen-bond donors (Lipinski definition) is 2. The number of hydrogen-bond acceptors (Lipinski definition) is 5. The molecule has 0 spiro atoms. The molecule has 0 aromatic carbocycles. The van der Waals surface area contributed by atoms with Gasteiger partial charge in [-0.05, 0) is 67.6 Å². The van der Waals surface area contributed by atoms with Gasteiger partial charge in [0.2, 0.25) is 5.91 Å². The highest BCUT2D eigenvalue weighted by Crippen LogP contribution is 2.58. The van der Waals surface area contributed by atoms with Gasteiger partial charge in [0.1, 0.15) is 17.6 Å². The van der Waals surface area contributed by atoms with E-state index in [4.69, 9.17) is 0 Å². The summed E-state index contributed by atoms with van der Waals surface area (Å²) in [6.07, 6.45) is 12.6. The summed E-state index contributed by atoms with van der Waals surface area (Å²) >= 11 is 0. The maximum atomic E-state index is 13.7. The third kappa shape index (κ3) is 4.68. The molecule has 0 radical (unpaired) electrons. The number of aryl methyl sites for hydroxylation is 1. The number of carbonyl (C=O) groups excluding carboxylic acids is 2. The number of amides is 2. The van der Waals surface area contributed by atoms with Gasteiger partial charge in [0.25, 0.3) is 5.91 Å². The number of nitrogens with one attached hydrogen (secondary N) is 2. The molecule has 8 heteroatoms. The first-order valence-electron chi connectivity index (χ1n) is 12.8. The molecule has 5 rings (SSSR count). The fourth-order valence-corrected chi connectivity index (χ4v) is 5.69. The molecule has 182 valence electrons. The van der Waals surface area contributed by atoms with E-state index >= 15 is 0 Å². The van der Waals surface area contributed by atoms with Crippen molar-refractivity contribution in [1.29, 1.82) is 0 Å². The second-order valence-electron chi connectivity index (χ2n) is 10.6. The average molecular weight is 465 g/mol. The van der Waals surface area contributed by atoms with Gasteiger partial charge in [-0.1, -0.05) is 26.2 Å². The monoisotopic (exact) mass is 464 g/mol. The molecule has 2 atom stereocenters. The fourth-order valence-electron chi connectivity index (χ4n) is 5.69. The summed E-state index contributed by atoms with van der Waals surface area (Å²) in [6, 6.07) is 4.99. The second kappa shape index (κ2) is 9.39. The lowest BCUT2D eigenvalue weighted by Crippen LogP contribution is -2.54. The van der Waals surface area contributed by atoms with Gasteiger partial charge in [0.05, 0.1) is 11.9 Å². The third-order valence-corrected chi connectivity index (χ3v) is 8.18. The molecule has 3 aliphatic rings. The molecule has 2 aromatic heterocycles. The largest absolute Gasteiger partial charge is 0.357 e. The quantitative estimate of drug-likeness (QED) is 0.621. The van der Waals surface area contributed by atoms with Crippen molar-refractivity contribution in [2.75, 3.05) is 23.3 Å². The first kappa shape index (κ1) is 22.9. The summed E-state index contributed by atoms with van der Waals surface area (Å²) in [7, 11) is 1.74. The van der Waals surface area contributed by atoms with Crippen molar-refractivity contribution in [2.24, 2.45) is 24.3 Å². The summed E-state index contributed by atoms with van der Waals surface area (Å²) in [6.45, 7) is 4.33. The van der Waals surface area contributed by atoms with E-state index in [0.29, 0.717) is 17.3 Å². The first-order chi connectivity index (χ1) is 16.4. The van der Waals surface area contributed by atoms with E-state index < -0.39 is 6.04 Å². The Morgan fingerprint density at radius 1 is 1.09 bits per heavy atom. The van der Waals surface area contributed by atoms with Gasteiger partial charge in [-0.3, -0.25) is 14.3 Å². The zero-order valence-electron chi connectivity index (χ0n) is 20.3. The zero-order valence-corrected chi connectivity index (χ0v) is 20.3. The SMILES string of the molecule is Cn1nccc1C(=O)N[C@H](C(=O)Nc1ccc(N2CCCCC2)nc1)C(C1CCC1)C1(C)CC1. The molecule has 34 heavy (non-hydrogen) atoms. The highest BCUT2D eigenvalue weighted by molar-refractivity contribution is 6.00. The van der Waals surface area contributed by atoms with Crippen molar-refractivity contribution in [2.45, 2.75) is 64.3 Å². The maximum Gasteiger partial charge on any atom is 0.270 e. The topological polar surface area (TPSA) is 92.1 Å². The Balaban J connectivity index is 1.35. The highest BCUT2D eigenvalue weighted by Gasteiger charge is 2.54. The van der Waals surface area contributed by atoms with Crippen LogP contribution >= 0.6 is 0 Å². The lowest BCUT2D eigenvalue weighted by Gasteiger charge is -2.42.